The molecule has 5 nitrogen and oxygen atoms in total. The number of imidazole rings is 1. The number of rotatable bonds is 6. The Bertz CT molecular complexity index is 1540. The lowest BCUT2D eigenvalue weighted by Gasteiger charge is -2.06. The third-order valence-corrected chi connectivity index (χ3v) is 6.10. The molecule has 0 radical (unpaired) electrons. The number of aliphatic imine (C=N–C) groups is 1. The number of nitrogens with zero attached hydrogens (tertiary/aromatic N) is 3. The molecule has 0 amide bonds. The summed E-state index contributed by atoms with van der Waals surface area (Å²) in [6.45, 7) is 8.57. The molecule has 1 aliphatic heterocycles. The molecule has 0 fully saturated rings. The number of hydrogen-bond donors (Lipinski definition) is 2. The van der Waals surface area contributed by atoms with Crippen LogP contribution < -0.4 is 0 Å². The Kier molecular flexibility index (Phi) is 6.10. The predicted molar refractivity (Wildman–Crippen MR) is 142 cm³/mol. The summed E-state index contributed by atoms with van der Waals surface area (Å²) in [5.74, 6) is 0.352. The van der Waals surface area contributed by atoms with Crippen LogP contribution in [0.4, 0.5) is 4.39 Å². The molecule has 0 unspecified atom stereocenters. The molecule has 0 saturated carbocycles. The molecular weight excluding hydrogens is 437 g/mol. The van der Waals surface area contributed by atoms with E-state index in [9.17, 15) is 4.39 Å². The van der Waals surface area contributed by atoms with E-state index in [0.29, 0.717) is 12.4 Å². The lowest BCUT2D eigenvalue weighted by molar-refractivity contribution is 0.627. The van der Waals surface area contributed by atoms with Crippen molar-refractivity contribution in [2.24, 2.45) is 4.99 Å². The molecule has 3 heterocycles. The van der Waals surface area contributed by atoms with E-state index in [2.05, 4.69) is 58.0 Å². The number of aryl methyl sites for hydroxylation is 1. The number of fused-ring (bicyclic) bond motifs is 1. The minimum Gasteiger partial charge on any atom is -0.340 e. The molecule has 2 aromatic heterocycles. The van der Waals surface area contributed by atoms with E-state index < -0.39 is 0 Å². The number of hydrogen-bond acceptors (Lipinski definition) is 3. The fourth-order valence-electron chi connectivity index (χ4n) is 4.31. The zero-order valence-corrected chi connectivity index (χ0v) is 19.8. The zero-order valence-electron chi connectivity index (χ0n) is 19.8. The van der Waals surface area contributed by atoms with Crippen LogP contribution in [0.25, 0.3) is 33.6 Å². The maximum absolute atomic E-state index is 13.9. The largest absolute Gasteiger partial charge is 0.340 e. The highest BCUT2D eigenvalue weighted by molar-refractivity contribution is 5.96. The normalized spacial score (nSPS) is 14.1. The monoisotopic (exact) mass is 463 g/mol. The minimum absolute atomic E-state index is 0.296. The maximum Gasteiger partial charge on any atom is 0.159 e. The topological polar surface area (TPSA) is 69.7 Å². The molecule has 35 heavy (non-hydrogen) atoms. The Labute approximate surface area is 203 Å². The third kappa shape index (κ3) is 4.43. The van der Waals surface area contributed by atoms with Gasteiger partial charge in [-0.15, -0.1) is 0 Å². The van der Waals surface area contributed by atoms with Crippen LogP contribution in [0.2, 0.25) is 0 Å². The van der Waals surface area contributed by atoms with Crippen LogP contribution in [0.15, 0.2) is 83.9 Å². The zero-order chi connectivity index (χ0) is 24.4. The fraction of sp³-hybridized carbons (Fsp3) is 0.138. The number of halogens is 1. The van der Waals surface area contributed by atoms with Gasteiger partial charge in [0.1, 0.15) is 11.5 Å². The minimum atomic E-state index is -0.296. The molecule has 6 heteroatoms. The van der Waals surface area contributed by atoms with Crippen molar-refractivity contribution < 1.29 is 4.39 Å². The Morgan fingerprint density at radius 3 is 2.89 bits per heavy atom. The van der Waals surface area contributed by atoms with Crippen LogP contribution in [-0.4, -0.2) is 32.9 Å². The third-order valence-electron chi connectivity index (χ3n) is 6.10. The van der Waals surface area contributed by atoms with Gasteiger partial charge in [0, 0.05) is 22.9 Å². The first kappa shape index (κ1) is 22.5. The first-order chi connectivity index (χ1) is 17.1. The molecule has 0 saturated heterocycles. The van der Waals surface area contributed by atoms with E-state index in [-0.39, 0.29) is 5.82 Å². The van der Waals surface area contributed by atoms with E-state index in [0.717, 1.165) is 56.7 Å². The maximum atomic E-state index is 13.9. The van der Waals surface area contributed by atoms with Gasteiger partial charge in [0.05, 0.1) is 17.8 Å². The number of aromatic amines is 2. The number of nitrogens with one attached hydrogen (secondary N) is 2. The molecule has 0 bridgehead atoms. The second kappa shape index (κ2) is 9.50. The van der Waals surface area contributed by atoms with Crippen LogP contribution in [0.3, 0.4) is 0 Å². The van der Waals surface area contributed by atoms with Crippen molar-refractivity contribution in [1.29, 1.82) is 0 Å². The Morgan fingerprint density at radius 2 is 2.09 bits per heavy atom. The van der Waals surface area contributed by atoms with E-state index in [4.69, 9.17) is 4.98 Å². The van der Waals surface area contributed by atoms with Crippen molar-refractivity contribution in [2.75, 3.05) is 6.54 Å². The van der Waals surface area contributed by atoms with Gasteiger partial charge in [-0.1, -0.05) is 49.9 Å². The lowest BCUT2D eigenvalue weighted by Crippen LogP contribution is -1.92. The van der Waals surface area contributed by atoms with Gasteiger partial charge >= 0.3 is 0 Å². The van der Waals surface area contributed by atoms with Gasteiger partial charge in [-0.2, -0.15) is 5.10 Å². The van der Waals surface area contributed by atoms with Crippen molar-refractivity contribution >= 4 is 28.3 Å². The molecular formula is C29H26FN5. The summed E-state index contributed by atoms with van der Waals surface area (Å²) in [5.41, 5.74) is 8.24. The summed E-state index contributed by atoms with van der Waals surface area (Å²) in [6, 6.07) is 12.8. The molecule has 0 aliphatic carbocycles. The van der Waals surface area contributed by atoms with Crippen molar-refractivity contribution in [3.05, 3.63) is 107 Å². The summed E-state index contributed by atoms with van der Waals surface area (Å²) < 4.78 is 13.9. The summed E-state index contributed by atoms with van der Waals surface area (Å²) in [4.78, 5) is 12.7. The molecule has 4 aromatic rings. The molecule has 2 aromatic carbocycles. The van der Waals surface area contributed by atoms with Crippen LogP contribution in [0.5, 0.6) is 0 Å². The first-order valence-corrected chi connectivity index (χ1v) is 11.6. The Balaban J connectivity index is 1.58. The molecule has 174 valence electrons. The SMILES string of the molecule is C=C/C=C(/c1cccc(F)c1)c1nc(-c2n[nH]c3ccc(C4=CCN=CC(CC)=C4)cc23)[nH]c1C. The fourth-order valence-corrected chi connectivity index (χ4v) is 4.31. The summed E-state index contributed by atoms with van der Waals surface area (Å²) in [5, 5.41) is 8.66. The van der Waals surface area contributed by atoms with Gasteiger partial charge in [0.25, 0.3) is 0 Å². The number of allylic oxidation sites excluding steroid dienone is 5. The molecule has 2 N–H and O–H groups in total. The standard InChI is InChI=1S/C29H26FN5/c1-4-7-24(22-8-6-9-23(30)15-22)27-18(3)32-29(33-27)28-25-16-20(10-11-26(25)34-35-28)21-12-13-31-17-19(5-2)14-21/h4,6-12,14-17H,1,5,13H2,2-3H3,(H,32,33)(H,34,35)/b24-7-. The van der Waals surface area contributed by atoms with Gasteiger partial charge in [-0.25, -0.2) is 9.37 Å². The van der Waals surface area contributed by atoms with Crippen LogP contribution in [0.1, 0.15) is 35.9 Å². The Hall–Kier alpha value is -4.32. The highest BCUT2D eigenvalue weighted by Gasteiger charge is 2.18. The molecule has 5 rings (SSSR count). The summed E-state index contributed by atoms with van der Waals surface area (Å²) in [6.07, 6.45) is 10.7. The lowest BCUT2D eigenvalue weighted by atomic mass is 10.00. The Morgan fingerprint density at radius 1 is 1.20 bits per heavy atom. The quantitative estimate of drug-likeness (QED) is 0.308. The highest BCUT2D eigenvalue weighted by atomic mass is 19.1. The predicted octanol–water partition coefficient (Wildman–Crippen LogP) is 6.82. The first-order valence-electron chi connectivity index (χ1n) is 11.6. The van der Waals surface area contributed by atoms with E-state index >= 15 is 0 Å². The van der Waals surface area contributed by atoms with Crippen molar-refractivity contribution in [3.8, 4) is 11.5 Å². The molecule has 1 aliphatic rings. The number of H-pyrrole nitrogens is 2. The van der Waals surface area contributed by atoms with Gasteiger partial charge < -0.3 is 4.98 Å². The van der Waals surface area contributed by atoms with Crippen molar-refractivity contribution in [3.63, 3.8) is 0 Å². The second-order valence-electron chi connectivity index (χ2n) is 8.44. The van der Waals surface area contributed by atoms with Crippen LogP contribution in [0, 0.1) is 12.7 Å². The van der Waals surface area contributed by atoms with Crippen LogP contribution >= 0.6 is 0 Å². The summed E-state index contributed by atoms with van der Waals surface area (Å²) in [7, 11) is 0. The van der Waals surface area contributed by atoms with E-state index in [1.54, 1.807) is 12.1 Å². The smallest absolute Gasteiger partial charge is 0.159 e. The van der Waals surface area contributed by atoms with Gasteiger partial charge in [-0.05, 0) is 66.0 Å². The van der Waals surface area contributed by atoms with Crippen molar-refractivity contribution in [2.45, 2.75) is 20.3 Å². The van der Waals surface area contributed by atoms with E-state index in [1.807, 2.05) is 31.3 Å². The highest BCUT2D eigenvalue weighted by Crippen LogP contribution is 2.32. The van der Waals surface area contributed by atoms with Crippen LogP contribution in [-0.2, 0) is 0 Å². The van der Waals surface area contributed by atoms with Gasteiger partial charge in [0.2, 0.25) is 0 Å². The average molecular weight is 464 g/mol. The summed E-state index contributed by atoms with van der Waals surface area (Å²) >= 11 is 0. The second-order valence-corrected chi connectivity index (χ2v) is 8.44. The van der Waals surface area contributed by atoms with Gasteiger partial charge in [-0.3, -0.25) is 10.1 Å². The average Bonchev–Trinajstić information content (AvgIpc) is 3.36. The molecule has 0 atom stereocenters. The van der Waals surface area contributed by atoms with E-state index in [1.165, 1.54) is 17.7 Å². The molecule has 0 spiro atoms. The number of benzene rings is 2. The van der Waals surface area contributed by atoms with Gasteiger partial charge in [0.15, 0.2) is 5.82 Å². The number of aromatic nitrogens is 4. The van der Waals surface area contributed by atoms with Crippen molar-refractivity contribution in [1.82, 2.24) is 20.2 Å².